The summed E-state index contributed by atoms with van der Waals surface area (Å²) >= 11 is 12.8. The molecular formula is C32H25Cl2F3N6O2. The molecule has 45 heavy (non-hydrogen) atoms. The number of nitrogens with zero attached hydrogens (tertiary/aromatic N) is 5. The van der Waals surface area contributed by atoms with Crippen LogP contribution < -0.4 is 4.74 Å². The number of rotatable bonds is 7. The van der Waals surface area contributed by atoms with Crippen LogP contribution in [0.4, 0.5) is 13.2 Å². The van der Waals surface area contributed by atoms with Crippen molar-refractivity contribution in [1.82, 2.24) is 30.5 Å². The zero-order valence-electron chi connectivity index (χ0n) is 23.6. The zero-order valence-corrected chi connectivity index (χ0v) is 25.1. The van der Waals surface area contributed by atoms with Crippen LogP contribution in [0, 0.1) is 0 Å². The Bertz CT molecular complexity index is 1810. The first kappa shape index (κ1) is 30.5. The lowest BCUT2D eigenvalue weighted by molar-refractivity contribution is -0.137. The third-order valence-electron chi connectivity index (χ3n) is 7.52. The first-order chi connectivity index (χ1) is 21.7. The van der Waals surface area contributed by atoms with Crippen molar-refractivity contribution in [2.75, 3.05) is 13.1 Å². The SMILES string of the molecule is O=C(c1cc(-c2ccccc2Cl)c(-c2ccc(Cl)cc2)nc1Cc1nn[nH]n1)N1CCC(Oc2cccc(C(F)(F)F)c2)CC1. The molecule has 3 heterocycles. The van der Waals surface area contributed by atoms with E-state index >= 15 is 0 Å². The number of H-pyrrole nitrogens is 1. The highest BCUT2D eigenvalue weighted by Crippen LogP contribution is 2.38. The second-order valence-corrected chi connectivity index (χ2v) is 11.3. The fraction of sp³-hybridized carbons (Fsp3) is 0.219. The zero-order chi connectivity index (χ0) is 31.6. The number of likely N-dealkylation sites (tertiary alicyclic amines) is 1. The van der Waals surface area contributed by atoms with Crippen molar-refractivity contribution < 1.29 is 22.7 Å². The first-order valence-electron chi connectivity index (χ1n) is 14.1. The lowest BCUT2D eigenvalue weighted by Crippen LogP contribution is -2.42. The van der Waals surface area contributed by atoms with Crippen LogP contribution in [0.25, 0.3) is 22.4 Å². The molecule has 0 atom stereocenters. The summed E-state index contributed by atoms with van der Waals surface area (Å²) in [4.78, 5) is 20.8. The summed E-state index contributed by atoms with van der Waals surface area (Å²) in [5.74, 6) is 0.245. The predicted octanol–water partition coefficient (Wildman–Crippen LogP) is 7.53. The van der Waals surface area contributed by atoms with E-state index in [0.717, 1.165) is 17.7 Å². The van der Waals surface area contributed by atoms with Gasteiger partial charge in [0.1, 0.15) is 11.9 Å². The molecule has 230 valence electrons. The van der Waals surface area contributed by atoms with E-state index in [9.17, 15) is 18.0 Å². The van der Waals surface area contributed by atoms with Gasteiger partial charge in [-0.25, -0.2) is 0 Å². The third kappa shape index (κ3) is 6.94. The maximum Gasteiger partial charge on any atom is 0.416 e. The highest BCUT2D eigenvalue weighted by molar-refractivity contribution is 6.33. The van der Waals surface area contributed by atoms with Gasteiger partial charge in [0.15, 0.2) is 5.82 Å². The van der Waals surface area contributed by atoms with Gasteiger partial charge in [0.05, 0.1) is 28.9 Å². The maximum absolute atomic E-state index is 14.1. The summed E-state index contributed by atoms with van der Waals surface area (Å²) in [5.41, 5.74) is 2.76. The number of carbonyl (C=O) groups excluding carboxylic acids is 1. The molecule has 0 unspecified atom stereocenters. The Hall–Kier alpha value is -4.48. The van der Waals surface area contributed by atoms with E-state index in [4.69, 9.17) is 32.9 Å². The monoisotopic (exact) mass is 652 g/mol. The molecule has 0 radical (unpaired) electrons. The van der Waals surface area contributed by atoms with E-state index < -0.39 is 11.7 Å². The number of piperidine rings is 1. The molecule has 1 aliphatic heterocycles. The maximum atomic E-state index is 14.1. The fourth-order valence-electron chi connectivity index (χ4n) is 5.28. The third-order valence-corrected chi connectivity index (χ3v) is 8.10. The summed E-state index contributed by atoms with van der Waals surface area (Å²) in [6.07, 6.45) is -3.80. The Balaban J connectivity index is 1.32. The van der Waals surface area contributed by atoms with Gasteiger partial charge in [-0.05, 0) is 42.5 Å². The average molecular weight is 653 g/mol. The minimum absolute atomic E-state index is 0.135. The average Bonchev–Trinajstić information content (AvgIpc) is 3.55. The number of carbonyl (C=O) groups is 1. The Labute approximate surface area is 266 Å². The van der Waals surface area contributed by atoms with Gasteiger partial charge < -0.3 is 9.64 Å². The molecule has 8 nitrogen and oxygen atoms in total. The highest BCUT2D eigenvalue weighted by atomic mass is 35.5. The summed E-state index contributed by atoms with van der Waals surface area (Å²) < 4.78 is 45.4. The number of benzene rings is 3. The van der Waals surface area contributed by atoms with Gasteiger partial charge in [0.25, 0.3) is 5.91 Å². The van der Waals surface area contributed by atoms with Crippen LogP contribution in [-0.2, 0) is 12.6 Å². The number of alkyl halides is 3. The number of halogens is 5. The molecule has 3 aromatic carbocycles. The van der Waals surface area contributed by atoms with Crippen LogP contribution >= 0.6 is 23.2 Å². The van der Waals surface area contributed by atoms with Gasteiger partial charge in [-0.2, -0.15) is 18.4 Å². The van der Waals surface area contributed by atoms with Crippen molar-refractivity contribution in [2.45, 2.75) is 31.5 Å². The Morgan fingerprint density at radius 2 is 1.71 bits per heavy atom. The molecule has 1 amide bonds. The number of ether oxygens (including phenoxy) is 1. The number of aromatic nitrogens is 5. The van der Waals surface area contributed by atoms with Crippen LogP contribution in [0.5, 0.6) is 5.75 Å². The van der Waals surface area contributed by atoms with Gasteiger partial charge in [-0.1, -0.05) is 64.8 Å². The fourth-order valence-corrected chi connectivity index (χ4v) is 5.64. The molecule has 1 aliphatic rings. The van der Waals surface area contributed by atoms with Crippen molar-refractivity contribution in [2.24, 2.45) is 0 Å². The second kappa shape index (κ2) is 12.9. The number of amides is 1. The Morgan fingerprint density at radius 3 is 2.40 bits per heavy atom. The van der Waals surface area contributed by atoms with Gasteiger partial charge in [0.2, 0.25) is 0 Å². The lowest BCUT2D eigenvalue weighted by Gasteiger charge is -2.33. The van der Waals surface area contributed by atoms with Gasteiger partial charge in [0, 0.05) is 52.7 Å². The number of tetrazole rings is 1. The van der Waals surface area contributed by atoms with Gasteiger partial charge >= 0.3 is 6.18 Å². The van der Waals surface area contributed by atoms with Crippen LogP contribution in [0.3, 0.4) is 0 Å². The largest absolute Gasteiger partial charge is 0.490 e. The van der Waals surface area contributed by atoms with Crippen molar-refractivity contribution >= 4 is 29.1 Å². The Kier molecular flexibility index (Phi) is 8.73. The number of nitrogens with one attached hydrogen (secondary N) is 1. The van der Waals surface area contributed by atoms with Crippen molar-refractivity contribution in [3.63, 3.8) is 0 Å². The smallest absolute Gasteiger partial charge is 0.416 e. The molecule has 1 N–H and O–H groups in total. The minimum atomic E-state index is -4.46. The number of pyridine rings is 1. The molecule has 2 aromatic heterocycles. The number of hydrogen-bond donors (Lipinski definition) is 1. The molecule has 0 spiro atoms. The minimum Gasteiger partial charge on any atom is -0.490 e. The van der Waals surface area contributed by atoms with Crippen LogP contribution in [0.15, 0.2) is 78.9 Å². The summed E-state index contributed by atoms with van der Waals surface area (Å²) in [6.45, 7) is 0.676. The van der Waals surface area contributed by atoms with E-state index in [0.29, 0.717) is 69.9 Å². The molecule has 6 rings (SSSR count). The second-order valence-electron chi connectivity index (χ2n) is 10.5. The van der Waals surface area contributed by atoms with Crippen molar-refractivity contribution in [1.29, 1.82) is 0 Å². The Morgan fingerprint density at radius 1 is 0.956 bits per heavy atom. The quantitative estimate of drug-likeness (QED) is 0.195. The predicted molar refractivity (Wildman–Crippen MR) is 163 cm³/mol. The standard InChI is InChI=1S/C32H25Cl2F3N6O2/c33-21-10-8-19(9-11-21)30-25(24-6-1-2-7-27(24)34)17-26(28(38-30)18-29-39-41-42-40-29)31(44)43-14-12-22(13-15-43)45-23-5-3-4-20(16-23)32(35,36)37/h1-11,16-17,22H,12-15,18H2,(H,39,40,41,42). The van der Waals surface area contributed by atoms with Gasteiger partial charge in [-0.15, -0.1) is 10.2 Å². The van der Waals surface area contributed by atoms with Gasteiger partial charge in [-0.3, -0.25) is 9.78 Å². The first-order valence-corrected chi connectivity index (χ1v) is 14.8. The molecule has 13 heteroatoms. The van der Waals surface area contributed by atoms with Crippen LogP contribution in [0.2, 0.25) is 10.0 Å². The highest BCUT2D eigenvalue weighted by Gasteiger charge is 2.32. The molecule has 1 fully saturated rings. The normalized spacial score (nSPS) is 14.0. The molecular weight excluding hydrogens is 628 g/mol. The lowest BCUT2D eigenvalue weighted by atomic mass is 9.94. The molecule has 0 aliphatic carbocycles. The van der Waals surface area contributed by atoms with Crippen molar-refractivity contribution in [3.8, 4) is 28.1 Å². The van der Waals surface area contributed by atoms with Crippen LogP contribution in [0.1, 0.15) is 40.3 Å². The van der Waals surface area contributed by atoms with Crippen LogP contribution in [-0.4, -0.2) is 55.6 Å². The number of hydrogen-bond acceptors (Lipinski definition) is 6. The molecule has 1 saturated heterocycles. The number of aromatic amines is 1. The van der Waals surface area contributed by atoms with E-state index in [2.05, 4.69) is 20.6 Å². The molecule has 0 bridgehead atoms. The summed E-state index contributed by atoms with van der Waals surface area (Å²) in [7, 11) is 0. The summed E-state index contributed by atoms with van der Waals surface area (Å²) in [6, 6.07) is 21.1. The van der Waals surface area contributed by atoms with E-state index in [1.54, 1.807) is 29.2 Å². The van der Waals surface area contributed by atoms with E-state index in [1.807, 2.05) is 30.3 Å². The van der Waals surface area contributed by atoms with Crippen molar-refractivity contribution in [3.05, 3.63) is 112 Å². The van der Waals surface area contributed by atoms with E-state index in [1.165, 1.54) is 12.1 Å². The van der Waals surface area contributed by atoms with E-state index in [-0.39, 0.29) is 24.2 Å². The molecule has 0 saturated carbocycles. The molecule has 5 aromatic rings. The summed E-state index contributed by atoms with van der Waals surface area (Å²) in [5, 5.41) is 15.3. The topological polar surface area (TPSA) is 96.9 Å².